The second kappa shape index (κ2) is 7.06. The lowest BCUT2D eigenvalue weighted by atomic mass is 10.4. The van der Waals surface area contributed by atoms with Crippen LogP contribution in [0.2, 0.25) is 0 Å². The van der Waals surface area contributed by atoms with Gasteiger partial charge in [-0.15, -0.1) is 0 Å². The van der Waals surface area contributed by atoms with Gasteiger partial charge in [-0.05, 0) is 13.3 Å². The van der Waals surface area contributed by atoms with E-state index in [0.717, 1.165) is 13.0 Å². The lowest BCUT2D eigenvalue weighted by Crippen LogP contribution is -2.28. The highest BCUT2D eigenvalue weighted by Gasteiger charge is 2.03. The zero-order valence-corrected chi connectivity index (χ0v) is 7.80. The van der Waals surface area contributed by atoms with Crippen LogP contribution < -0.4 is 5.73 Å². The highest BCUT2D eigenvalue weighted by molar-refractivity contribution is 5.81. The zero-order valence-electron chi connectivity index (χ0n) is 7.80. The Balaban J connectivity index is 3.14. The quantitative estimate of drug-likeness (QED) is 0.340. The van der Waals surface area contributed by atoms with Crippen molar-refractivity contribution in [2.45, 2.75) is 26.4 Å². The summed E-state index contributed by atoms with van der Waals surface area (Å²) in [6, 6.07) is 0. The second-order valence-corrected chi connectivity index (χ2v) is 2.58. The molecule has 12 heavy (non-hydrogen) atoms. The van der Waals surface area contributed by atoms with E-state index >= 15 is 0 Å². The molecule has 0 aliphatic heterocycles. The summed E-state index contributed by atoms with van der Waals surface area (Å²) < 4.78 is 10.4. The summed E-state index contributed by atoms with van der Waals surface area (Å²) in [5.74, 6) is 0.0606. The van der Waals surface area contributed by atoms with Crippen molar-refractivity contribution in [1.29, 1.82) is 5.41 Å². The lowest BCUT2D eigenvalue weighted by molar-refractivity contribution is 0.0354. The fraction of sp³-hybridized carbons (Fsp3) is 0.875. The maximum absolute atomic E-state index is 7.03. The summed E-state index contributed by atoms with van der Waals surface area (Å²) in [4.78, 5) is 0. The molecule has 0 aromatic rings. The highest BCUT2D eigenvalue weighted by Crippen LogP contribution is 1.89. The number of amidine groups is 1. The van der Waals surface area contributed by atoms with Gasteiger partial charge in [-0.3, -0.25) is 5.41 Å². The highest BCUT2D eigenvalue weighted by atomic mass is 16.5. The topological polar surface area (TPSA) is 68.3 Å². The van der Waals surface area contributed by atoms with E-state index in [1.54, 1.807) is 6.92 Å². The van der Waals surface area contributed by atoms with Crippen LogP contribution in [0.1, 0.15) is 20.3 Å². The minimum Gasteiger partial charge on any atom is -0.385 e. The van der Waals surface area contributed by atoms with Crippen LogP contribution in [0.5, 0.6) is 0 Å². The molecule has 0 aromatic carbocycles. The number of nitrogens with one attached hydrogen (secondary N) is 1. The molecule has 0 saturated carbocycles. The van der Waals surface area contributed by atoms with Crippen molar-refractivity contribution in [3.8, 4) is 0 Å². The molecule has 4 nitrogen and oxygen atoms in total. The molecular weight excluding hydrogens is 156 g/mol. The third-order valence-corrected chi connectivity index (χ3v) is 1.38. The van der Waals surface area contributed by atoms with Crippen LogP contribution in [0.15, 0.2) is 0 Å². The van der Waals surface area contributed by atoms with Gasteiger partial charge >= 0.3 is 0 Å². The molecule has 3 N–H and O–H groups in total. The van der Waals surface area contributed by atoms with E-state index in [1.807, 2.05) is 0 Å². The molecule has 0 aromatic heterocycles. The predicted molar refractivity (Wildman–Crippen MR) is 48.4 cm³/mol. The Morgan fingerprint density at radius 1 is 1.42 bits per heavy atom. The number of nitrogens with two attached hydrogens (primary N) is 1. The van der Waals surface area contributed by atoms with E-state index in [2.05, 4.69) is 6.92 Å². The first kappa shape index (κ1) is 11.4. The van der Waals surface area contributed by atoms with Crippen LogP contribution in [0.25, 0.3) is 0 Å². The summed E-state index contributed by atoms with van der Waals surface area (Å²) in [7, 11) is 0. The Bertz CT molecular complexity index is 128. The van der Waals surface area contributed by atoms with Gasteiger partial charge < -0.3 is 15.2 Å². The molecule has 0 radical (unpaired) electrons. The lowest BCUT2D eigenvalue weighted by Gasteiger charge is -2.10. The van der Waals surface area contributed by atoms with Crippen molar-refractivity contribution in [3.05, 3.63) is 0 Å². The molecule has 1 atom stereocenters. The Hall–Kier alpha value is -0.610. The van der Waals surface area contributed by atoms with Gasteiger partial charge in [-0.25, -0.2) is 0 Å². The molecule has 0 aliphatic carbocycles. The first-order valence-corrected chi connectivity index (χ1v) is 4.21. The normalized spacial score (nSPS) is 12.8. The van der Waals surface area contributed by atoms with E-state index in [-0.39, 0.29) is 11.9 Å². The fourth-order valence-electron chi connectivity index (χ4n) is 0.620. The number of hydrogen-bond donors (Lipinski definition) is 2. The maximum Gasteiger partial charge on any atom is 0.120 e. The average molecular weight is 174 g/mol. The number of ether oxygens (including phenoxy) is 2. The first-order chi connectivity index (χ1) is 5.68. The largest absolute Gasteiger partial charge is 0.385 e. The van der Waals surface area contributed by atoms with Crippen molar-refractivity contribution in [3.63, 3.8) is 0 Å². The number of hydrogen-bond acceptors (Lipinski definition) is 3. The molecule has 0 rings (SSSR count). The minimum absolute atomic E-state index is 0.0606. The van der Waals surface area contributed by atoms with E-state index < -0.39 is 0 Å². The molecule has 0 aliphatic rings. The van der Waals surface area contributed by atoms with Crippen LogP contribution >= 0.6 is 0 Å². The van der Waals surface area contributed by atoms with Gasteiger partial charge in [0.25, 0.3) is 0 Å². The number of rotatable bonds is 7. The summed E-state index contributed by atoms with van der Waals surface area (Å²) in [6.45, 7) is 5.64. The SMILES string of the molecule is CCCOCCOC(C)C(=N)N. The molecule has 72 valence electrons. The maximum atomic E-state index is 7.03. The van der Waals surface area contributed by atoms with Gasteiger partial charge in [0.15, 0.2) is 0 Å². The summed E-state index contributed by atoms with van der Waals surface area (Å²) >= 11 is 0. The molecule has 0 amide bonds. The van der Waals surface area contributed by atoms with Gasteiger partial charge in [0.2, 0.25) is 0 Å². The molecular formula is C8H18N2O2. The Kier molecular flexibility index (Phi) is 6.70. The van der Waals surface area contributed by atoms with E-state index in [1.165, 1.54) is 0 Å². The van der Waals surface area contributed by atoms with Gasteiger partial charge in [-0.1, -0.05) is 6.92 Å². The van der Waals surface area contributed by atoms with Crippen molar-refractivity contribution in [2.75, 3.05) is 19.8 Å². The molecule has 1 unspecified atom stereocenters. The van der Waals surface area contributed by atoms with Crippen LogP contribution in [0, 0.1) is 5.41 Å². The molecule has 0 spiro atoms. The molecule has 0 saturated heterocycles. The van der Waals surface area contributed by atoms with Crippen LogP contribution in [-0.4, -0.2) is 31.8 Å². The first-order valence-electron chi connectivity index (χ1n) is 4.21. The van der Waals surface area contributed by atoms with Crippen molar-refractivity contribution in [1.82, 2.24) is 0 Å². The van der Waals surface area contributed by atoms with Crippen molar-refractivity contribution in [2.24, 2.45) is 5.73 Å². The Morgan fingerprint density at radius 2 is 2.08 bits per heavy atom. The zero-order chi connectivity index (χ0) is 9.40. The van der Waals surface area contributed by atoms with E-state index in [9.17, 15) is 0 Å². The standard InChI is InChI=1S/C8H18N2O2/c1-3-4-11-5-6-12-7(2)8(9)10/h7H,3-6H2,1-2H3,(H3,9,10). The smallest absolute Gasteiger partial charge is 0.120 e. The molecule has 0 heterocycles. The molecule has 0 fully saturated rings. The van der Waals surface area contributed by atoms with Crippen molar-refractivity contribution >= 4 is 5.84 Å². The minimum atomic E-state index is -0.296. The van der Waals surface area contributed by atoms with Crippen molar-refractivity contribution < 1.29 is 9.47 Å². The van der Waals surface area contributed by atoms with Crippen LogP contribution in [0.3, 0.4) is 0 Å². The third kappa shape index (κ3) is 6.12. The monoisotopic (exact) mass is 174 g/mol. The summed E-state index contributed by atoms with van der Waals surface area (Å²) in [6.07, 6.45) is 0.720. The molecule has 4 heteroatoms. The fourth-order valence-corrected chi connectivity index (χ4v) is 0.620. The Labute approximate surface area is 73.5 Å². The van der Waals surface area contributed by atoms with Gasteiger partial charge in [-0.2, -0.15) is 0 Å². The van der Waals surface area contributed by atoms with E-state index in [4.69, 9.17) is 20.6 Å². The third-order valence-electron chi connectivity index (χ3n) is 1.38. The summed E-state index contributed by atoms with van der Waals surface area (Å²) in [5.41, 5.74) is 5.19. The van der Waals surface area contributed by atoms with E-state index in [0.29, 0.717) is 13.2 Å². The second-order valence-electron chi connectivity index (χ2n) is 2.58. The molecule has 0 bridgehead atoms. The summed E-state index contributed by atoms with van der Waals surface area (Å²) in [5, 5.41) is 7.03. The van der Waals surface area contributed by atoms with Crippen LogP contribution in [-0.2, 0) is 9.47 Å². The average Bonchev–Trinajstić information content (AvgIpc) is 2.03. The van der Waals surface area contributed by atoms with Gasteiger partial charge in [0.1, 0.15) is 11.9 Å². The van der Waals surface area contributed by atoms with Crippen LogP contribution in [0.4, 0.5) is 0 Å². The Morgan fingerprint density at radius 3 is 2.58 bits per heavy atom. The van der Waals surface area contributed by atoms with Gasteiger partial charge in [0.05, 0.1) is 13.2 Å². The predicted octanol–water partition coefficient (Wildman–Crippen LogP) is 0.754. The van der Waals surface area contributed by atoms with Gasteiger partial charge in [0, 0.05) is 6.61 Å².